The molecule has 2 aromatic rings. The number of carbonyl (C=O) groups is 1. The van der Waals surface area contributed by atoms with Gasteiger partial charge in [-0.05, 0) is 30.0 Å². The lowest BCUT2D eigenvalue weighted by Gasteiger charge is -2.05. The number of carbonyl (C=O) groups excluding carboxylic acids is 1. The van der Waals surface area contributed by atoms with Crippen molar-refractivity contribution in [2.24, 2.45) is 5.16 Å². The first-order valence-electron chi connectivity index (χ1n) is 6.42. The number of anilines is 1. The zero-order valence-corrected chi connectivity index (χ0v) is 12.5. The maximum absolute atomic E-state index is 11.7. The first kappa shape index (κ1) is 15.1. The molecular formula is C16H16N2O2S. The van der Waals surface area contributed by atoms with Crippen LogP contribution in [0.3, 0.4) is 0 Å². The number of amides is 1. The lowest BCUT2D eigenvalue weighted by atomic mass is 10.2. The summed E-state index contributed by atoms with van der Waals surface area (Å²) in [5.41, 5.74) is 1.67. The molecule has 108 valence electrons. The van der Waals surface area contributed by atoms with Gasteiger partial charge >= 0.3 is 0 Å². The molecule has 21 heavy (non-hydrogen) atoms. The predicted octanol–water partition coefficient (Wildman–Crippen LogP) is 3.40. The number of thioether (sulfide) groups is 1. The second kappa shape index (κ2) is 8.11. The molecule has 0 radical (unpaired) electrons. The maximum atomic E-state index is 11.7. The van der Waals surface area contributed by atoms with Crippen LogP contribution < -0.4 is 5.32 Å². The van der Waals surface area contributed by atoms with E-state index in [1.54, 1.807) is 18.0 Å². The number of hydrogen-bond donors (Lipinski definition) is 1. The van der Waals surface area contributed by atoms with Crippen LogP contribution in [0.2, 0.25) is 0 Å². The van der Waals surface area contributed by atoms with Gasteiger partial charge in [0, 0.05) is 10.6 Å². The molecule has 0 aliphatic heterocycles. The van der Waals surface area contributed by atoms with Crippen molar-refractivity contribution >= 4 is 29.6 Å². The maximum Gasteiger partial charge on any atom is 0.265 e. The number of benzene rings is 2. The highest BCUT2D eigenvalue weighted by Gasteiger charge is 2.03. The van der Waals surface area contributed by atoms with E-state index < -0.39 is 0 Å². The second-order valence-corrected chi connectivity index (χ2v) is 5.08. The van der Waals surface area contributed by atoms with Gasteiger partial charge in [-0.1, -0.05) is 41.6 Å². The lowest BCUT2D eigenvalue weighted by molar-refractivity contribution is -0.120. The van der Waals surface area contributed by atoms with Crippen molar-refractivity contribution in [1.29, 1.82) is 0 Å². The van der Waals surface area contributed by atoms with E-state index in [0.29, 0.717) is 0 Å². The highest BCUT2D eigenvalue weighted by Crippen LogP contribution is 2.18. The Morgan fingerprint density at radius 2 is 2.05 bits per heavy atom. The minimum absolute atomic E-state index is 0.118. The summed E-state index contributed by atoms with van der Waals surface area (Å²) in [7, 11) is 0. The molecule has 0 atom stereocenters. The summed E-state index contributed by atoms with van der Waals surface area (Å²) in [6.45, 7) is -0.118. The summed E-state index contributed by atoms with van der Waals surface area (Å²) >= 11 is 1.62. The molecule has 1 N–H and O–H groups in total. The minimum atomic E-state index is -0.238. The Bertz CT molecular complexity index is 615. The van der Waals surface area contributed by atoms with Crippen LogP contribution in [0.4, 0.5) is 5.69 Å². The number of nitrogens with one attached hydrogen (secondary N) is 1. The summed E-state index contributed by atoms with van der Waals surface area (Å²) in [5, 5.41) is 6.53. The number of nitrogens with zero attached hydrogens (tertiary/aromatic N) is 1. The van der Waals surface area contributed by atoms with Crippen molar-refractivity contribution in [3.63, 3.8) is 0 Å². The van der Waals surface area contributed by atoms with Crippen molar-refractivity contribution < 1.29 is 9.63 Å². The molecule has 5 heteroatoms. The normalized spacial score (nSPS) is 10.5. The zero-order chi connectivity index (χ0) is 14.9. The molecule has 0 heterocycles. The van der Waals surface area contributed by atoms with Gasteiger partial charge in [0.15, 0.2) is 6.61 Å². The molecule has 4 nitrogen and oxygen atoms in total. The van der Waals surface area contributed by atoms with E-state index in [4.69, 9.17) is 4.84 Å². The summed E-state index contributed by atoms with van der Waals surface area (Å²) in [6.07, 6.45) is 3.56. The molecule has 0 bridgehead atoms. The molecule has 0 aromatic heterocycles. The average molecular weight is 300 g/mol. The quantitative estimate of drug-likeness (QED) is 0.505. The summed E-state index contributed by atoms with van der Waals surface area (Å²) in [4.78, 5) is 17.8. The van der Waals surface area contributed by atoms with Crippen LogP contribution >= 0.6 is 11.8 Å². The lowest BCUT2D eigenvalue weighted by Crippen LogP contribution is -2.16. The summed E-state index contributed by atoms with van der Waals surface area (Å²) < 4.78 is 0. The number of rotatable bonds is 6. The van der Waals surface area contributed by atoms with Gasteiger partial charge in [-0.15, -0.1) is 11.8 Å². The molecule has 0 unspecified atom stereocenters. The van der Waals surface area contributed by atoms with Crippen molar-refractivity contribution in [2.75, 3.05) is 18.2 Å². The predicted molar refractivity (Wildman–Crippen MR) is 86.8 cm³/mol. The van der Waals surface area contributed by atoms with Crippen molar-refractivity contribution in [2.45, 2.75) is 4.90 Å². The van der Waals surface area contributed by atoms with Gasteiger partial charge in [0.2, 0.25) is 0 Å². The monoisotopic (exact) mass is 300 g/mol. The van der Waals surface area contributed by atoms with Crippen LogP contribution in [0.25, 0.3) is 0 Å². The van der Waals surface area contributed by atoms with Gasteiger partial charge in [0.1, 0.15) is 0 Å². The fraction of sp³-hybridized carbons (Fsp3) is 0.125. The van der Waals surface area contributed by atoms with Crippen molar-refractivity contribution in [1.82, 2.24) is 0 Å². The Kier molecular flexibility index (Phi) is 5.84. The fourth-order valence-corrected chi connectivity index (χ4v) is 2.09. The molecule has 0 fully saturated rings. The molecular weight excluding hydrogens is 284 g/mol. The first-order chi connectivity index (χ1) is 10.3. The van der Waals surface area contributed by atoms with Crippen LogP contribution in [0.5, 0.6) is 0 Å². The Hall–Kier alpha value is -2.27. The Morgan fingerprint density at radius 3 is 2.81 bits per heavy atom. The van der Waals surface area contributed by atoms with Gasteiger partial charge in [-0.25, -0.2) is 0 Å². The molecule has 0 spiro atoms. The largest absolute Gasteiger partial charge is 0.386 e. The molecule has 2 aromatic carbocycles. The van der Waals surface area contributed by atoms with Crippen LogP contribution in [0.15, 0.2) is 64.6 Å². The third kappa shape index (κ3) is 5.31. The van der Waals surface area contributed by atoms with E-state index in [-0.39, 0.29) is 12.5 Å². The van der Waals surface area contributed by atoms with E-state index >= 15 is 0 Å². The van der Waals surface area contributed by atoms with E-state index in [1.807, 2.05) is 60.9 Å². The number of hydrogen-bond acceptors (Lipinski definition) is 4. The average Bonchev–Trinajstić information content (AvgIpc) is 2.53. The zero-order valence-electron chi connectivity index (χ0n) is 11.7. The molecule has 0 aliphatic carbocycles. The second-order valence-electron chi connectivity index (χ2n) is 4.20. The molecule has 0 saturated carbocycles. The smallest absolute Gasteiger partial charge is 0.265 e. The molecule has 1 amide bonds. The van der Waals surface area contributed by atoms with Crippen LogP contribution in [-0.4, -0.2) is 25.0 Å². The van der Waals surface area contributed by atoms with Crippen LogP contribution in [0, 0.1) is 0 Å². The van der Waals surface area contributed by atoms with Gasteiger partial charge in [0.25, 0.3) is 5.91 Å². The molecule has 0 saturated heterocycles. The van der Waals surface area contributed by atoms with Gasteiger partial charge in [-0.3, -0.25) is 4.79 Å². The van der Waals surface area contributed by atoms with Crippen LogP contribution in [0.1, 0.15) is 5.56 Å². The van der Waals surface area contributed by atoms with E-state index in [0.717, 1.165) is 16.1 Å². The summed E-state index contributed by atoms with van der Waals surface area (Å²) in [6, 6.07) is 17.2. The van der Waals surface area contributed by atoms with E-state index in [9.17, 15) is 4.79 Å². The van der Waals surface area contributed by atoms with Gasteiger partial charge < -0.3 is 10.2 Å². The van der Waals surface area contributed by atoms with Gasteiger partial charge in [-0.2, -0.15) is 0 Å². The first-order valence-corrected chi connectivity index (χ1v) is 7.64. The SMILES string of the molecule is CSc1cccc(NC(=O)CO/N=C\c2ccccc2)c1. The van der Waals surface area contributed by atoms with E-state index in [1.165, 1.54) is 0 Å². The van der Waals surface area contributed by atoms with Crippen molar-refractivity contribution in [3.8, 4) is 0 Å². The number of oxime groups is 1. The summed E-state index contributed by atoms with van der Waals surface area (Å²) in [5.74, 6) is -0.238. The Labute approximate surface area is 128 Å². The third-order valence-corrected chi connectivity index (χ3v) is 3.35. The minimum Gasteiger partial charge on any atom is -0.386 e. The molecule has 0 aliphatic rings. The van der Waals surface area contributed by atoms with Crippen LogP contribution in [-0.2, 0) is 9.63 Å². The van der Waals surface area contributed by atoms with E-state index in [2.05, 4.69) is 10.5 Å². The fourth-order valence-electron chi connectivity index (χ4n) is 1.63. The van der Waals surface area contributed by atoms with Crippen molar-refractivity contribution in [3.05, 3.63) is 60.2 Å². The Morgan fingerprint density at radius 1 is 1.24 bits per heavy atom. The van der Waals surface area contributed by atoms with Gasteiger partial charge in [0.05, 0.1) is 6.21 Å². The highest BCUT2D eigenvalue weighted by molar-refractivity contribution is 7.98. The third-order valence-electron chi connectivity index (χ3n) is 2.63. The highest BCUT2D eigenvalue weighted by atomic mass is 32.2. The Balaban J connectivity index is 1.78. The standard InChI is InChI=1S/C16H16N2O2S/c1-21-15-9-5-8-14(10-15)18-16(19)12-20-17-11-13-6-3-2-4-7-13/h2-11H,12H2,1H3,(H,18,19)/b17-11-. The topological polar surface area (TPSA) is 50.7 Å². The molecule has 2 rings (SSSR count).